The van der Waals surface area contributed by atoms with E-state index in [1.54, 1.807) is 17.1 Å². The molecule has 2 atom stereocenters. The van der Waals surface area contributed by atoms with Crippen molar-refractivity contribution < 1.29 is 19.8 Å². The Kier molecular flexibility index (Phi) is 5.73. The van der Waals surface area contributed by atoms with Crippen molar-refractivity contribution in [2.75, 3.05) is 6.54 Å². The van der Waals surface area contributed by atoms with Crippen LogP contribution in [0.2, 0.25) is 0 Å². The Bertz CT molecular complexity index is 406. The number of rotatable bonds is 7. The summed E-state index contributed by atoms with van der Waals surface area (Å²) in [6.45, 7) is 2.25. The Balaban J connectivity index is 2.21. The summed E-state index contributed by atoms with van der Waals surface area (Å²) in [5, 5.41) is 30.0. The lowest BCUT2D eigenvalue weighted by molar-refractivity contribution is -0.141. The second-order valence-electron chi connectivity index (χ2n) is 3.98. The van der Waals surface area contributed by atoms with Crippen LogP contribution in [-0.2, 0) is 11.3 Å². The molecule has 19 heavy (non-hydrogen) atoms. The van der Waals surface area contributed by atoms with Crippen LogP contribution >= 0.6 is 0 Å². The summed E-state index contributed by atoms with van der Waals surface area (Å²) < 4.78 is 1.62. The van der Waals surface area contributed by atoms with E-state index in [4.69, 9.17) is 5.11 Å². The van der Waals surface area contributed by atoms with Gasteiger partial charge in [-0.15, -0.1) is 5.10 Å². The lowest BCUT2D eigenvalue weighted by Crippen LogP contribution is -2.51. The van der Waals surface area contributed by atoms with Crippen molar-refractivity contribution in [1.29, 1.82) is 0 Å². The molecular formula is C10H17N5O4. The third-order valence-corrected chi connectivity index (χ3v) is 2.36. The number of carboxylic acid groups (broad SMARTS) is 1. The van der Waals surface area contributed by atoms with Crippen LogP contribution in [0.25, 0.3) is 0 Å². The van der Waals surface area contributed by atoms with E-state index < -0.39 is 24.1 Å². The Morgan fingerprint density at radius 2 is 2.21 bits per heavy atom. The summed E-state index contributed by atoms with van der Waals surface area (Å²) in [4.78, 5) is 22.1. The van der Waals surface area contributed by atoms with Crippen molar-refractivity contribution in [3.63, 3.8) is 0 Å². The van der Waals surface area contributed by atoms with Crippen LogP contribution in [-0.4, -0.2) is 55.9 Å². The van der Waals surface area contributed by atoms with E-state index in [9.17, 15) is 14.7 Å². The fraction of sp³-hybridized carbons (Fsp3) is 0.600. The largest absolute Gasteiger partial charge is 0.480 e. The van der Waals surface area contributed by atoms with Gasteiger partial charge in [-0.05, 0) is 13.3 Å². The molecule has 0 unspecified atom stereocenters. The summed E-state index contributed by atoms with van der Waals surface area (Å²) >= 11 is 0. The molecule has 0 fully saturated rings. The Morgan fingerprint density at radius 3 is 2.74 bits per heavy atom. The molecule has 0 saturated carbocycles. The van der Waals surface area contributed by atoms with Crippen molar-refractivity contribution in [3.8, 4) is 0 Å². The van der Waals surface area contributed by atoms with Gasteiger partial charge < -0.3 is 20.8 Å². The van der Waals surface area contributed by atoms with Gasteiger partial charge in [0.15, 0.2) is 6.04 Å². The lowest BCUT2D eigenvalue weighted by Gasteiger charge is -2.17. The number of hydrogen-bond acceptors (Lipinski definition) is 5. The van der Waals surface area contributed by atoms with E-state index >= 15 is 0 Å². The van der Waals surface area contributed by atoms with E-state index in [0.29, 0.717) is 19.5 Å². The maximum atomic E-state index is 11.4. The Morgan fingerprint density at radius 1 is 1.47 bits per heavy atom. The van der Waals surface area contributed by atoms with Crippen molar-refractivity contribution >= 4 is 12.0 Å². The van der Waals surface area contributed by atoms with Crippen LogP contribution in [0.5, 0.6) is 0 Å². The van der Waals surface area contributed by atoms with Crippen LogP contribution in [0.1, 0.15) is 13.3 Å². The molecule has 0 aliphatic rings. The van der Waals surface area contributed by atoms with E-state index in [1.165, 1.54) is 6.92 Å². The SMILES string of the molecule is C[C@@H](O)[C@H](NC(=O)NCCCn1ccnn1)C(=O)O. The summed E-state index contributed by atoms with van der Waals surface area (Å²) in [6, 6.07) is -1.96. The van der Waals surface area contributed by atoms with Gasteiger partial charge in [-0.25, -0.2) is 9.59 Å². The standard InChI is InChI=1S/C10H17N5O4/c1-7(16)8(9(17)18)13-10(19)11-3-2-5-15-6-4-12-14-15/h4,6-8,16H,2-3,5H2,1H3,(H,17,18)(H2,11,13,19)/t7-,8+/m1/s1. The summed E-state index contributed by atoms with van der Waals surface area (Å²) in [5.74, 6) is -1.28. The van der Waals surface area contributed by atoms with Gasteiger partial charge in [-0.2, -0.15) is 0 Å². The molecule has 0 spiro atoms. The number of nitrogens with one attached hydrogen (secondary N) is 2. The molecule has 4 N–H and O–H groups in total. The number of amides is 2. The van der Waals surface area contributed by atoms with Crippen molar-refractivity contribution in [3.05, 3.63) is 12.4 Å². The third kappa shape index (κ3) is 5.34. The molecule has 9 heteroatoms. The predicted octanol–water partition coefficient (Wildman–Crippen LogP) is -1.20. The number of aryl methyl sites for hydroxylation is 1. The highest BCUT2D eigenvalue weighted by atomic mass is 16.4. The second kappa shape index (κ2) is 7.31. The molecule has 0 saturated heterocycles. The zero-order valence-electron chi connectivity index (χ0n) is 10.5. The molecule has 0 aromatic carbocycles. The number of urea groups is 1. The topological polar surface area (TPSA) is 129 Å². The first-order valence-electron chi connectivity index (χ1n) is 5.80. The number of aromatic nitrogens is 3. The first kappa shape index (κ1) is 14.9. The molecule has 1 rings (SSSR count). The maximum Gasteiger partial charge on any atom is 0.328 e. The van der Waals surface area contributed by atoms with E-state index in [-0.39, 0.29) is 0 Å². The fourth-order valence-electron chi connectivity index (χ4n) is 1.38. The van der Waals surface area contributed by atoms with Gasteiger partial charge in [-0.3, -0.25) is 4.68 Å². The highest BCUT2D eigenvalue weighted by Crippen LogP contribution is 1.93. The highest BCUT2D eigenvalue weighted by molar-refractivity contribution is 5.82. The third-order valence-electron chi connectivity index (χ3n) is 2.36. The van der Waals surface area contributed by atoms with E-state index in [2.05, 4.69) is 20.9 Å². The van der Waals surface area contributed by atoms with E-state index in [0.717, 1.165) is 0 Å². The molecule has 9 nitrogen and oxygen atoms in total. The molecule has 1 aromatic rings. The summed E-state index contributed by atoms with van der Waals surface area (Å²) in [7, 11) is 0. The average Bonchev–Trinajstić information content (AvgIpc) is 2.84. The minimum atomic E-state index is -1.32. The zero-order valence-corrected chi connectivity index (χ0v) is 10.5. The van der Waals surface area contributed by atoms with Crippen LogP contribution in [0.15, 0.2) is 12.4 Å². The number of aliphatic hydroxyl groups is 1. The number of aliphatic hydroxyl groups excluding tert-OH is 1. The summed E-state index contributed by atoms with van der Waals surface area (Å²) in [6.07, 6.45) is 2.72. The molecule has 0 radical (unpaired) electrons. The molecular weight excluding hydrogens is 254 g/mol. The Labute approximate surface area is 109 Å². The number of carbonyl (C=O) groups excluding carboxylic acids is 1. The minimum Gasteiger partial charge on any atom is -0.480 e. The van der Waals surface area contributed by atoms with Gasteiger partial charge in [0.05, 0.1) is 12.3 Å². The molecule has 0 aliphatic carbocycles. The monoisotopic (exact) mass is 271 g/mol. The maximum absolute atomic E-state index is 11.4. The average molecular weight is 271 g/mol. The van der Waals surface area contributed by atoms with Crippen LogP contribution in [0.4, 0.5) is 4.79 Å². The van der Waals surface area contributed by atoms with Gasteiger partial charge in [0, 0.05) is 19.3 Å². The zero-order chi connectivity index (χ0) is 14.3. The van der Waals surface area contributed by atoms with Crippen molar-refractivity contribution in [1.82, 2.24) is 25.6 Å². The first-order valence-corrected chi connectivity index (χ1v) is 5.80. The minimum absolute atomic E-state index is 0.359. The van der Waals surface area contributed by atoms with Crippen molar-refractivity contribution in [2.45, 2.75) is 32.0 Å². The number of carboxylic acids is 1. The fourth-order valence-corrected chi connectivity index (χ4v) is 1.38. The summed E-state index contributed by atoms with van der Waals surface area (Å²) in [5.41, 5.74) is 0. The van der Waals surface area contributed by atoms with Crippen molar-refractivity contribution in [2.24, 2.45) is 0 Å². The van der Waals surface area contributed by atoms with Crippen LogP contribution in [0.3, 0.4) is 0 Å². The smallest absolute Gasteiger partial charge is 0.328 e. The number of hydrogen-bond donors (Lipinski definition) is 4. The number of aliphatic carboxylic acids is 1. The number of carbonyl (C=O) groups is 2. The lowest BCUT2D eigenvalue weighted by atomic mass is 10.2. The molecule has 2 amide bonds. The van der Waals surface area contributed by atoms with Gasteiger partial charge in [0.25, 0.3) is 0 Å². The predicted molar refractivity (Wildman–Crippen MR) is 64.3 cm³/mol. The molecule has 1 aromatic heterocycles. The second-order valence-corrected chi connectivity index (χ2v) is 3.98. The van der Waals surface area contributed by atoms with Crippen LogP contribution in [0, 0.1) is 0 Å². The van der Waals surface area contributed by atoms with Gasteiger partial charge in [-0.1, -0.05) is 5.21 Å². The van der Waals surface area contributed by atoms with Crippen LogP contribution < -0.4 is 10.6 Å². The molecule has 0 aliphatic heterocycles. The number of nitrogens with zero attached hydrogens (tertiary/aromatic N) is 3. The Hall–Kier alpha value is -2.16. The normalized spacial score (nSPS) is 13.6. The van der Waals surface area contributed by atoms with Gasteiger partial charge >= 0.3 is 12.0 Å². The van der Waals surface area contributed by atoms with E-state index in [1.807, 2.05) is 0 Å². The first-order chi connectivity index (χ1) is 9.00. The van der Waals surface area contributed by atoms with Gasteiger partial charge in [0.2, 0.25) is 0 Å². The molecule has 106 valence electrons. The molecule has 1 heterocycles. The van der Waals surface area contributed by atoms with Gasteiger partial charge in [0.1, 0.15) is 0 Å². The highest BCUT2D eigenvalue weighted by Gasteiger charge is 2.24. The quantitative estimate of drug-likeness (QED) is 0.461. The molecule has 0 bridgehead atoms.